The highest BCUT2D eigenvalue weighted by molar-refractivity contribution is 5.43. The molecule has 0 aromatic carbocycles. The molecule has 20 heavy (non-hydrogen) atoms. The van der Waals surface area contributed by atoms with Gasteiger partial charge in [-0.3, -0.25) is 4.79 Å². The number of nitrogens with zero attached hydrogens (tertiary/aromatic N) is 3. The second-order valence-corrected chi connectivity index (χ2v) is 6.11. The summed E-state index contributed by atoms with van der Waals surface area (Å²) < 4.78 is 1.59. The standard InChI is InChI=1S/C15H24N4O/c16-14-5-3-4-12(14)6-9-19-15(20)10-13(11-17-19)18-7-1-2-8-18/h10-12,14H,1-9,16H2. The zero-order chi connectivity index (χ0) is 13.9. The fourth-order valence-electron chi connectivity index (χ4n) is 3.45. The van der Waals surface area contributed by atoms with Gasteiger partial charge in [0.1, 0.15) is 0 Å². The Morgan fingerprint density at radius 1 is 1.25 bits per heavy atom. The Kier molecular flexibility index (Phi) is 4.05. The molecule has 2 N–H and O–H groups in total. The predicted molar refractivity (Wildman–Crippen MR) is 79.9 cm³/mol. The van der Waals surface area contributed by atoms with Crippen LogP contribution in [-0.2, 0) is 6.54 Å². The van der Waals surface area contributed by atoms with Gasteiger partial charge in [0.15, 0.2) is 0 Å². The molecule has 1 aliphatic heterocycles. The van der Waals surface area contributed by atoms with Gasteiger partial charge >= 0.3 is 0 Å². The van der Waals surface area contributed by atoms with Gasteiger partial charge in [-0.1, -0.05) is 6.42 Å². The number of hydrogen-bond acceptors (Lipinski definition) is 4. The molecule has 1 saturated carbocycles. The van der Waals surface area contributed by atoms with Gasteiger partial charge < -0.3 is 10.6 Å². The van der Waals surface area contributed by atoms with Crippen molar-refractivity contribution in [2.45, 2.75) is 51.1 Å². The SMILES string of the molecule is NC1CCCC1CCn1ncc(N2CCCC2)cc1=O. The highest BCUT2D eigenvalue weighted by Gasteiger charge is 2.23. The fraction of sp³-hybridized carbons (Fsp3) is 0.733. The van der Waals surface area contributed by atoms with E-state index in [1.165, 1.54) is 25.7 Å². The molecule has 0 spiro atoms. The van der Waals surface area contributed by atoms with E-state index in [2.05, 4.69) is 10.00 Å². The van der Waals surface area contributed by atoms with Crippen molar-refractivity contribution < 1.29 is 0 Å². The van der Waals surface area contributed by atoms with E-state index in [-0.39, 0.29) is 5.56 Å². The van der Waals surface area contributed by atoms with Crippen LogP contribution in [0.5, 0.6) is 0 Å². The van der Waals surface area contributed by atoms with Crippen molar-refractivity contribution in [1.29, 1.82) is 0 Å². The second kappa shape index (κ2) is 5.95. The van der Waals surface area contributed by atoms with Crippen LogP contribution in [0.1, 0.15) is 38.5 Å². The van der Waals surface area contributed by atoms with Gasteiger partial charge in [-0.05, 0) is 38.0 Å². The van der Waals surface area contributed by atoms with Crippen molar-refractivity contribution >= 4 is 5.69 Å². The largest absolute Gasteiger partial charge is 0.370 e. The van der Waals surface area contributed by atoms with Crippen LogP contribution >= 0.6 is 0 Å². The van der Waals surface area contributed by atoms with Crippen molar-refractivity contribution in [2.24, 2.45) is 11.7 Å². The van der Waals surface area contributed by atoms with E-state index in [1.54, 1.807) is 10.7 Å². The molecule has 0 radical (unpaired) electrons. The summed E-state index contributed by atoms with van der Waals surface area (Å²) >= 11 is 0. The molecule has 2 aliphatic rings. The molecule has 1 aliphatic carbocycles. The van der Waals surface area contributed by atoms with Crippen LogP contribution in [0.3, 0.4) is 0 Å². The Balaban J connectivity index is 1.63. The summed E-state index contributed by atoms with van der Waals surface area (Å²) in [5, 5.41) is 4.33. The maximum Gasteiger partial charge on any atom is 0.268 e. The number of nitrogens with two attached hydrogens (primary N) is 1. The van der Waals surface area contributed by atoms with Gasteiger partial charge in [0, 0.05) is 31.7 Å². The summed E-state index contributed by atoms with van der Waals surface area (Å²) in [6.07, 6.45) is 8.77. The first-order chi connectivity index (χ1) is 9.74. The van der Waals surface area contributed by atoms with Crippen LogP contribution in [-0.4, -0.2) is 28.9 Å². The Morgan fingerprint density at radius 3 is 2.70 bits per heavy atom. The van der Waals surface area contributed by atoms with Crippen LogP contribution in [0.25, 0.3) is 0 Å². The molecular formula is C15H24N4O. The second-order valence-electron chi connectivity index (χ2n) is 6.11. The molecule has 3 rings (SSSR count). The summed E-state index contributed by atoms with van der Waals surface area (Å²) in [5.41, 5.74) is 7.06. The Bertz CT molecular complexity index is 507. The lowest BCUT2D eigenvalue weighted by atomic mass is 10.0. The third-order valence-electron chi connectivity index (χ3n) is 4.76. The van der Waals surface area contributed by atoms with E-state index in [1.807, 2.05) is 6.20 Å². The van der Waals surface area contributed by atoms with Gasteiger partial charge in [0.2, 0.25) is 0 Å². The third kappa shape index (κ3) is 2.87. The zero-order valence-corrected chi connectivity index (χ0v) is 12.0. The average molecular weight is 276 g/mol. The van der Waals surface area contributed by atoms with Gasteiger partial charge in [0.05, 0.1) is 11.9 Å². The lowest BCUT2D eigenvalue weighted by Crippen LogP contribution is -2.29. The summed E-state index contributed by atoms with van der Waals surface area (Å²) in [6, 6.07) is 2.04. The Hall–Kier alpha value is -1.36. The highest BCUT2D eigenvalue weighted by Crippen LogP contribution is 2.27. The number of anilines is 1. The van der Waals surface area contributed by atoms with Crippen LogP contribution in [0.2, 0.25) is 0 Å². The minimum atomic E-state index is 0.0148. The summed E-state index contributed by atoms with van der Waals surface area (Å²) in [6.45, 7) is 2.78. The van der Waals surface area contributed by atoms with Crippen molar-refractivity contribution in [3.8, 4) is 0 Å². The Labute approximate surface area is 119 Å². The van der Waals surface area contributed by atoms with E-state index >= 15 is 0 Å². The molecule has 5 nitrogen and oxygen atoms in total. The van der Waals surface area contributed by atoms with Crippen LogP contribution in [0, 0.1) is 5.92 Å². The molecule has 0 amide bonds. The van der Waals surface area contributed by atoms with Crippen LogP contribution < -0.4 is 16.2 Å². The maximum atomic E-state index is 12.1. The van der Waals surface area contributed by atoms with E-state index in [4.69, 9.17) is 5.73 Å². The van der Waals surface area contributed by atoms with Gasteiger partial charge in [0.25, 0.3) is 5.56 Å². The number of aromatic nitrogens is 2. The van der Waals surface area contributed by atoms with Gasteiger partial charge in [-0.25, -0.2) is 4.68 Å². The molecule has 2 fully saturated rings. The fourth-order valence-corrected chi connectivity index (χ4v) is 3.45. The summed E-state index contributed by atoms with van der Waals surface area (Å²) in [5.74, 6) is 0.557. The quantitative estimate of drug-likeness (QED) is 0.902. The number of hydrogen-bond donors (Lipinski definition) is 1. The molecule has 2 unspecified atom stereocenters. The van der Waals surface area contributed by atoms with E-state index in [0.717, 1.165) is 31.6 Å². The maximum absolute atomic E-state index is 12.1. The Morgan fingerprint density at radius 2 is 2.05 bits per heavy atom. The number of aryl methyl sites for hydroxylation is 1. The topological polar surface area (TPSA) is 64.2 Å². The molecule has 2 heterocycles. The molecule has 2 atom stereocenters. The molecule has 0 bridgehead atoms. The third-order valence-corrected chi connectivity index (χ3v) is 4.76. The first-order valence-corrected chi connectivity index (χ1v) is 7.82. The summed E-state index contributed by atoms with van der Waals surface area (Å²) in [7, 11) is 0. The highest BCUT2D eigenvalue weighted by atomic mass is 16.1. The first kappa shape index (κ1) is 13.6. The lowest BCUT2D eigenvalue weighted by molar-refractivity contribution is 0.396. The van der Waals surface area contributed by atoms with Crippen molar-refractivity contribution in [1.82, 2.24) is 9.78 Å². The molecular weight excluding hydrogens is 252 g/mol. The molecule has 1 aromatic rings. The minimum absolute atomic E-state index is 0.0148. The molecule has 1 aromatic heterocycles. The minimum Gasteiger partial charge on any atom is -0.370 e. The van der Waals surface area contributed by atoms with Crippen molar-refractivity contribution in [3.05, 3.63) is 22.6 Å². The van der Waals surface area contributed by atoms with Gasteiger partial charge in [-0.2, -0.15) is 5.10 Å². The van der Waals surface area contributed by atoms with E-state index in [0.29, 0.717) is 18.5 Å². The molecule has 5 heteroatoms. The van der Waals surface area contributed by atoms with E-state index in [9.17, 15) is 4.79 Å². The van der Waals surface area contributed by atoms with E-state index < -0.39 is 0 Å². The van der Waals surface area contributed by atoms with Crippen molar-refractivity contribution in [2.75, 3.05) is 18.0 Å². The molecule has 110 valence electrons. The molecule has 1 saturated heterocycles. The van der Waals surface area contributed by atoms with Crippen LogP contribution in [0.15, 0.2) is 17.1 Å². The van der Waals surface area contributed by atoms with Gasteiger partial charge in [-0.15, -0.1) is 0 Å². The van der Waals surface area contributed by atoms with Crippen molar-refractivity contribution in [3.63, 3.8) is 0 Å². The van der Waals surface area contributed by atoms with Crippen LogP contribution in [0.4, 0.5) is 5.69 Å². The monoisotopic (exact) mass is 276 g/mol. The first-order valence-electron chi connectivity index (χ1n) is 7.82. The normalized spacial score (nSPS) is 26.4. The zero-order valence-electron chi connectivity index (χ0n) is 12.0. The predicted octanol–water partition coefficient (Wildman–Crippen LogP) is 1.36. The smallest absolute Gasteiger partial charge is 0.268 e. The number of rotatable bonds is 4. The lowest BCUT2D eigenvalue weighted by Gasteiger charge is -2.18. The summed E-state index contributed by atoms with van der Waals surface area (Å²) in [4.78, 5) is 14.4. The average Bonchev–Trinajstić information content (AvgIpc) is 3.09.